The normalized spacial score (nSPS) is 17.8. The van der Waals surface area contributed by atoms with Crippen LogP contribution in [0.25, 0.3) is 0 Å². The molecule has 90 valence electrons. The highest BCUT2D eigenvalue weighted by Crippen LogP contribution is 2.27. The van der Waals surface area contributed by atoms with Crippen molar-refractivity contribution in [2.75, 3.05) is 12.3 Å². The second kappa shape index (κ2) is 7.02. The van der Waals surface area contributed by atoms with Gasteiger partial charge < -0.3 is 9.73 Å². The van der Waals surface area contributed by atoms with Gasteiger partial charge in [0, 0.05) is 17.5 Å². The number of rotatable bonds is 6. The molecule has 1 heterocycles. The van der Waals surface area contributed by atoms with Crippen molar-refractivity contribution < 1.29 is 4.42 Å². The van der Waals surface area contributed by atoms with E-state index in [0.717, 1.165) is 24.1 Å². The second-order valence-electron chi connectivity index (χ2n) is 4.39. The predicted octanol–water partition coefficient (Wildman–Crippen LogP) is 3.44. The zero-order chi connectivity index (χ0) is 11.1. The molecule has 0 bridgehead atoms. The molecule has 1 aliphatic rings. The van der Waals surface area contributed by atoms with Gasteiger partial charge in [0.25, 0.3) is 0 Å². The Hall–Kier alpha value is -0.410. The Morgan fingerprint density at radius 2 is 2.19 bits per heavy atom. The third-order valence-corrected chi connectivity index (χ3v) is 4.45. The van der Waals surface area contributed by atoms with Crippen molar-refractivity contribution in [2.24, 2.45) is 0 Å². The molecule has 0 amide bonds. The summed E-state index contributed by atoms with van der Waals surface area (Å²) in [5.74, 6) is 2.26. The number of hydrogen-bond acceptors (Lipinski definition) is 3. The maximum atomic E-state index is 5.26. The van der Waals surface area contributed by atoms with Crippen LogP contribution < -0.4 is 5.32 Å². The van der Waals surface area contributed by atoms with Gasteiger partial charge in [0.15, 0.2) is 0 Å². The molecule has 1 aliphatic carbocycles. The molecule has 0 saturated heterocycles. The van der Waals surface area contributed by atoms with E-state index in [0.29, 0.717) is 0 Å². The molecule has 1 N–H and O–H groups in total. The van der Waals surface area contributed by atoms with Crippen LogP contribution in [0.1, 0.15) is 37.9 Å². The molecule has 1 aromatic rings. The van der Waals surface area contributed by atoms with Crippen LogP contribution in [0.5, 0.6) is 0 Å². The minimum absolute atomic E-state index is 0.859. The highest BCUT2D eigenvalue weighted by atomic mass is 32.2. The molecule has 3 heteroatoms. The van der Waals surface area contributed by atoms with E-state index in [9.17, 15) is 0 Å². The maximum Gasteiger partial charge on any atom is 0.117 e. The summed E-state index contributed by atoms with van der Waals surface area (Å²) < 4.78 is 5.26. The lowest BCUT2D eigenvalue weighted by atomic mass is 10.0. The SMILES string of the molecule is c1coc(CNCCSC2CCCCC2)c1. The molecule has 1 fully saturated rings. The van der Waals surface area contributed by atoms with Gasteiger partial charge in [-0.2, -0.15) is 11.8 Å². The van der Waals surface area contributed by atoms with Crippen LogP contribution in [0.3, 0.4) is 0 Å². The van der Waals surface area contributed by atoms with Gasteiger partial charge in [0.2, 0.25) is 0 Å². The highest BCUT2D eigenvalue weighted by Gasteiger charge is 2.12. The molecular formula is C13H21NOS. The first-order chi connectivity index (χ1) is 7.95. The average molecular weight is 239 g/mol. The quantitative estimate of drug-likeness (QED) is 0.770. The molecule has 0 aromatic carbocycles. The summed E-state index contributed by atoms with van der Waals surface area (Å²) in [5, 5.41) is 4.34. The van der Waals surface area contributed by atoms with Crippen molar-refractivity contribution in [3.8, 4) is 0 Å². The van der Waals surface area contributed by atoms with E-state index in [-0.39, 0.29) is 0 Å². The fourth-order valence-electron chi connectivity index (χ4n) is 2.15. The van der Waals surface area contributed by atoms with Gasteiger partial charge in [-0.3, -0.25) is 0 Å². The van der Waals surface area contributed by atoms with E-state index < -0.39 is 0 Å². The van der Waals surface area contributed by atoms with Gasteiger partial charge in [0.05, 0.1) is 12.8 Å². The van der Waals surface area contributed by atoms with Crippen LogP contribution in [-0.4, -0.2) is 17.5 Å². The number of hydrogen-bond donors (Lipinski definition) is 1. The largest absolute Gasteiger partial charge is 0.468 e. The van der Waals surface area contributed by atoms with E-state index in [4.69, 9.17) is 4.42 Å². The van der Waals surface area contributed by atoms with Crippen LogP contribution in [-0.2, 0) is 6.54 Å². The first kappa shape index (κ1) is 12.1. The van der Waals surface area contributed by atoms with Gasteiger partial charge in [0.1, 0.15) is 5.76 Å². The van der Waals surface area contributed by atoms with Crippen LogP contribution in [0.15, 0.2) is 22.8 Å². The molecule has 0 atom stereocenters. The van der Waals surface area contributed by atoms with Gasteiger partial charge in [-0.05, 0) is 25.0 Å². The average Bonchev–Trinajstić information content (AvgIpc) is 2.83. The Kier molecular flexibility index (Phi) is 5.29. The predicted molar refractivity (Wildman–Crippen MR) is 69.7 cm³/mol. The first-order valence-corrected chi connectivity index (χ1v) is 7.35. The third-order valence-electron chi connectivity index (χ3n) is 3.06. The summed E-state index contributed by atoms with van der Waals surface area (Å²) in [6, 6.07) is 3.95. The second-order valence-corrected chi connectivity index (χ2v) is 5.80. The summed E-state index contributed by atoms with van der Waals surface area (Å²) in [5.41, 5.74) is 0. The molecule has 2 nitrogen and oxygen atoms in total. The smallest absolute Gasteiger partial charge is 0.117 e. The molecule has 16 heavy (non-hydrogen) atoms. The molecule has 2 rings (SSSR count). The first-order valence-electron chi connectivity index (χ1n) is 6.30. The van der Waals surface area contributed by atoms with E-state index in [1.54, 1.807) is 6.26 Å². The van der Waals surface area contributed by atoms with Crippen molar-refractivity contribution in [2.45, 2.75) is 43.9 Å². The fraction of sp³-hybridized carbons (Fsp3) is 0.692. The summed E-state index contributed by atoms with van der Waals surface area (Å²) >= 11 is 2.14. The van der Waals surface area contributed by atoms with E-state index in [1.165, 1.54) is 37.9 Å². The van der Waals surface area contributed by atoms with Gasteiger partial charge in [-0.1, -0.05) is 19.3 Å². The maximum absolute atomic E-state index is 5.26. The summed E-state index contributed by atoms with van der Waals surface area (Å²) in [4.78, 5) is 0. The van der Waals surface area contributed by atoms with E-state index in [1.807, 2.05) is 12.1 Å². The summed E-state index contributed by atoms with van der Waals surface area (Å²) in [6.07, 6.45) is 8.93. The molecule has 0 radical (unpaired) electrons. The molecule has 0 aliphatic heterocycles. The Labute approximate surface area is 102 Å². The third kappa shape index (κ3) is 4.22. The zero-order valence-corrected chi connectivity index (χ0v) is 10.6. The van der Waals surface area contributed by atoms with E-state index >= 15 is 0 Å². The van der Waals surface area contributed by atoms with Crippen LogP contribution in [0.4, 0.5) is 0 Å². The van der Waals surface area contributed by atoms with Crippen LogP contribution in [0.2, 0.25) is 0 Å². The topological polar surface area (TPSA) is 25.2 Å². The lowest BCUT2D eigenvalue weighted by Gasteiger charge is -2.20. The molecule has 1 aromatic heterocycles. The van der Waals surface area contributed by atoms with Crippen molar-refractivity contribution in [1.82, 2.24) is 5.32 Å². The van der Waals surface area contributed by atoms with Crippen molar-refractivity contribution in [1.29, 1.82) is 0 Å². The Bertz CT molecular complexity index is 267. The van der Waals surface area contributed by atoms with Crippen molar-refractivity contribution >= 4 is 11.8 Å². The minimum Gasteiger partial charge on any atom is -0.468 e. The Morgan fingerprint density at radius 1 is 1.31 bits per heavy atom. The minimum atomic E-state index is 0.859. The number of thioether (sulfide) groups is 1. The lowest BCUT2D eigenvalue weighted by Crippen LogP contribution is -2.18. The Balaban J connectivity index is 1.48. The summed E-state index contributed by atoms with van der Waals surface area (Å²) in [7, 11) is 0. The molecule has 0 spiro atoms. The van der Waals surface area contributed by atoms with Gasteiger partial charge in [-0.25, -0.2) is 0 Å². The molecular weight excluding hydrogens is 218 g/mol. The summed E-state index contributed by atoms with van der Waals surface area (Å²) in [6.45, 7) is 1.94. The highest BCUT2D eigenvalue weighted by molar-refractivity contribution is 7.99. The van der Waals surface area contributed by atoms with Crippen molar-refractivity contribution in [3.05, 3.63) is 24.2 Å². The monoisotopic (exact) mass is 239 g/mol. The number of furan rings is 1. The standard InChI is InChI=1S/C13H21NOS/c1-2-6-13(7-3-1)16-10-8-14-11-12-5-4-9-15-12/h4-5,9,13-14H,1-3,6-8,10-11H2. The Morgan fingerprint density at radius 3 is 2.94 bits per heavy atom. The van der Waals surface area contributed by atoms with E-state index in [2.05, 4.69) is 17.1 Å². The number of nitrogens with one attached hydrogen (secondary N) is 1. The zero-order valence-electron chi connectivity index (χ0n) is 9.78. The van der Waals surface area contributed by atoms with Gasteiger partial charge >= 0.3 is 0 Å². The van der Waals surface area contributed by atoms with Gasteiger partial charge in [-0.15, -0.1) is 0 Å². The van der Waals surface area contributed by atoms with Crippen molar-refractivity contribution in [3.63, 3.8) is 0 Å². The van der Waals surface area contributed by atoms with Crippen LogP contribution >= 0.6 is 11.8 Å². The molecule has 0 unspecified atom stereocenters. The fourth-order valence-corrected chi connectivity index (χ4v) is 3.42. The lowest BCUT2D eigenvalue weighted by molar-refractivity contribution is 0.487. The van der Waals surface area contributed by atoms with Crippen LogP contribution in [0, 0.1) is 0 Å². The molecule has 1 saturated carbocycles.